The molecule has 0 bridgehead atoms. The van der Waals surface area contributed by atoms with Crippen LogP contribution in [0.15, 0.2) is 18.2 Å². The van der Waals surface area contributed by atoms with Crippen molar-refractivity contribution in [3.8, 4) is 0 Å². The molecule has 0 atom stereocenters. The minimum absolute atomic E-state index is 0.151. The summed E-state index contributed by atoms with van der Waals surface area (Å²) < 4.78 is 13.5. The van der Waals surface area contributed by atoms with Gasteiger partial charge in [-0.15, -0.1) is 0 Å². The topological polar surface area (TPSA) is 49.5 Å². The molecule has 16 heavy (non-hydrogen) atoms. The summed E-state index contributed by atoms with van der Waals surface area (Å²) in [5.41, 5.74) is 5.90. The number of benzene rings is 1. The Morgan fingerprint density at radius 2 is 2.06 bits per heavy atom. The minimum atomic E-state index is -0.826. The van der Waals surface area contributed by atoms with E-state index < -0.39 is 5.60 Å². The van der Waals surface area contributed by atoms with Gasteiger partial charge in [0.15, 0.2) is 0 Å². The van der Waals surface area contributed by atoms with E-state index >= 15 is 0 Å². The fraction of sp³-hybridized carbons (Fsp3) is 0.500. The van der Waals surface area contributed by atoms with E-state index in [0.29, 0.717) is 12.1 Å². The summed E-state index contributed by atoms with van der Waals surface area (Å²) in [7, 11) is 1.81. The number of anilines is 1. The Labute approximate surface area is 95.7 Å². The summed E-state index contributed by atoms with van der Waals surface area (Å²) in [6.07, 6.45) is 0. The van der Waals surface area contributed by atoms with Crippen LogP contribution < -0.4 is 10.6 Å². The quantitative estimate of drug-likeness (QED) is 0.817. The smallest absolute Gasteiger partial charge is 0.129 e. The maximum Gasteiger partial charge on any atom is 0.129 e. The van der Waals surface area contributed by atoms with Gasteiger partial charge in [0, 0.05) is 31.4 Å². The highest BCUT2D eigenvalue weighted by Gasteiger charge is 2.18. The first-order valence-corrected chi connectivity index (χ1v) is 5.26. The third kappa shape index (κ3) is 3.18. The van der Waals surface area contributed by atoms with Gasteiger partial charge in [-0.3, -0.25) is 0 Å². The second-order valence-electron chi connectivity index (χ2n) is 4.61. The fourth-order valence-corrected chi connectivity index (χ4v) is 1.77. The van der Waals surface area contributed by atoms with E-state index in [1.165, 1.54) is 6.07 Å². The van der Waals surface area contributed by atoms with Crippen molar-refractivity contribution in [2.45, 2.75) is 26.0 Å². The second-order valence-corrected chi connectivity index (χ2v) is 4.61. The van der Waals surface area contributed by atoms with E-state index in [0.717, 1.165) is 5.69 Å². The van der Waals surface area contributed by atoms with Gasteiger partial charge in [0.25, 0.3) is 0 Å². The number of nitrogens with two attached hydrogens (primary N) is 1. The molecule has 1 aromatic carbocycles. The summed E-state index contributed by atoms with van der Waals surface area (Å²) in [5, 5.41) is 9.72. The monoisotopic (exact) mass is 226 g/mol. The van der Waals surface area contributed by atoms with Crippen molar-refractivity contribution < 1.29 is 9.50 Å². The van der Waals surface area contributed by atoms with Crippen molar-refractivity contribution in [3.63, 3.8) is 0 Å². The molecule has 1 rings (SSSR count). The lowest BCUT2D eigenvalue weighted by molar-refractivity contribution is 0.0886. The zero-order valence-electron chi connectivity index (χ0n) is 10.00. The van der Waals surface area contributed by atoms with Crippen LogP contribution in [-0.4, -0.2) is 24.3 Å². The zero-order chi connectivity index (χ0) is 12.3. The standard InChI is InChI=1S/C12H19FN2O/c1-12(2,16)8-15(3)11-6-4-5-10(13)9(11)7-14/h4-6,16H,7-8,14H2,1-3H3. The molecule has 0 radical (unpaired) electrons. The molecule has 3 nitrogen and oxygen atoms in total. The zero-order valence-corrected chi connectivity index (χ0v) is 10.00. The van der Waals surface area contributed by atoms with E-state index in [-0.39, 0.29) is 12.4 Å². The van der Waals surface area contributed by atoms with Gasteiger partial charge in [-0.1, -0.05) is 6.07 Å². The van der Waals surface area contributed by atoms with Crippen LogP contribution in [0.5, 0.6) is 0 Å². The summed E-state index contributed by atoms with van der Waals surface area (Å²) in [4.78, 5) is 1.81. The van der Waals surface area contributed by atoms with Crippen LogP contribution in [0.4, 0.5) is 10.1 Å². The minimum Gasteiger partial charge on any atom is -0.389 e. The number of hydrogen-bond acceptors (Lipinski definition) is 3. The molecule has 0 saturated heterocycles. The summed E-state index contributed by atoms with van der Waals surface area (Å²) in [6, 6.07) is 4.84. The summed E-state index contributed by atoms with van der Waals surface area (Å²) in [5.74, 6) is -0.303. The van der Waals surface area contributed by atoms with E-state index in [9.17, 15) is 9.50 Å². The normalized spacial score (nSPS) is 11.6. The molecular weight excluding hydrogens is 207 g/mol. The molecule has 0 aliphatic carbocycles. The molecule has 3 N–H and O–H groups in total. The Hall–Kier alpha value is -1.13. The van der Waals surface area contributed by atoms with Crippen molar-refractivity contribution in [2.24, 2.45) is 5.73 Å². The number of rotatable bonds is 4. The number of aliphatic hydroxyl groups is 1. The molecule has 0 fully saturated rings. The Bertz CT molecular complexity index is 361. The van der Waals surface area contributed by atoms with Gasteiger partial charge in [-0.2, -0.15) is 0 Å². The second kappa shape index (κ2) is 4.80. The van der Waals surface area contributed by atoms with E-state index in [4.69, 9.17) is 5.73 Å². The van der Waals surface area contributed by atoms with E-state index in [1.807, 2.05) is 11.9 Å². The maximum atomic E-state index is 13.5. The molecule has 0 aliphatic heterocycles. The molecule has 4 heteroatoms. The van der Waals surface area contributed by atoms with Gasteiger partial charge < -0.3 is 15.7 Å². The lowest BCUT2D eigenvalue weighted by Crippen LogP contribution is -2.36. The summed E-state index contributed by atoms with van der Waals surface area (Å²) >= 11 is 0. The Balaban J connectivity index is 2.99. The predicted molar refractivity (Wildman–Crippen MR) is 63.9 cm³/mol. The third-order valence-corrected chi connectivity index (χ3v) is 2.33. The first-order valence-electron chi connectivity index (χ1n) is 5.26. The average molecular weight is 226 g/mol. The number of hydrogen-bond donors (Lipinski definition) is 2. The highest BCUT2D eigenvalue weighted by Crippen LogP contribution is 2.23. The highest BCUT2D eigenvalue weighted by atomic mass is 19.1. The molecule has 1 aromatic rings. The van der Waals surface area contributed by atoms with Crippen LogP contribution in [0, 0.1) is 5.82 Å². The lowest BCUT2D eigenvalue weighted by atomic mass is 10.1. The molecule has 0 heterocycles. The van der Waals surface area contributed by atoms with Crippen LogP contribution in [0.1, 0.15) is 19.4 Å². The molecule has 0 aromatic heterocycles. The van der Waals surface area contributed by atoms with Crippen LogP contribution in [0.3, 0.4) is 0 Å². The molecule has 0 amide bonds. The fourth-order valence-electron chi connectivity index (χ4n) is 1.77. The van der Waals surface area contributed by atoms with Crippen molar-refractivity contribution in [2.75, 3.05) is 18.5 Å². The molecule has 0 aliphatic rings. The molecular formula is C12H19FN2O. The van der Waals surface area contributed by atoms with Gasteiger partial charge in [0.1, 0.15) is 5.82 Å². The van der Waals surface area contributed by atoms with Crippen molar-refractivity contribution in [1.29, 1.82) is 0 Å². The van der Waals surface area contributed by atoms with E-state index in [1.54, 1.807) is 26.0 Å². The van der Waals surface area contributed by atoms with Gasteiger partial charge in [-0.05, 0) is 26.0 Å². The maximum absolute atomic E-state index is 13.5. The SMILES string of the molecule is CN(CC(C)(C)O)c1cccc(F)c1CN. The first kappa shape index (κ1) is 12.9. The van der Waals surface area contributed by atoms with Gasteiger partial charge in [0.05, 0.1) is 5.60 Å². The molecule has 0 saturated carbocycles. The van der Waals surface area contributed by atoms with Crippen LogP contribution in [0.25, 0.3) is 0 Å². The van der Waals surface area contributed by atoms with Crippen molar-refractivity contribution >= 4 is 5.69 Å². The number of nitrogens with zero attached hydrogens (tertiary/aromatic N) is 1. The van der Waals surface area contributed by atoms with Crippen LogP contribution >= 0.6 is 0 Å². The third-order valence-electron chi connectivity index (χ3n) is 2.33. The number of halogens is 1. The molecule has 90 valence electrons. The van der Waals surface area contributed by atoms with Crippen LogP contribution in [-0.2, 0) is 6.54 Å². The highest BCUT2D eigenvalue weighted by molar-refractivity contribution is 5.53. The Kier molecular flexibility index (Phi) is 3.88. The lowest BCUT2D eigenvalue weighted by Gasteiger charge is -2.28. The number of likely N-dealkylation sites (N-methyl/N-ethyl adjacent to an activating group) is 1. The van der Waals surface area contributed by atoms with E-state index in [2.05, 4.69) is 0 Å². The van der Waals surface area contributed by atoms with Crippen molar-refractivity contribution in [3.05, 3.63) is 29.6 Å². The molecule has 0 unspecified atom stereocenters. The summed E-state index contributed by atoms with van der Waals surface area (Å²) in [6.45, 7) is 4.00. The van der Waals surface area contributed by atoms with Gasteiger partial charge in [-0.25, -0.2) is 4.39 Å². The predicted octanol–water partition coefficient (Wildman–Crippen LogP) is 1.49. The van der Waals surface area contributed by atoms with Crippen molar-refractivity contribution in [1.82, 2.24) is 0 Å². The molecule has 0 spiro atoms. The average Bonchev–Trinajstić information content (AvgIpc) is 2.14. The first-order chi connectivity index (χ1) is 7.35. The Morgan fingerprint density at radius 3 is 2.56 bits per heavy atom. The van der Waals surface area contributed by atoms with Gasteiger partial charge in [0.2, 0.25) is 0 Å². The Morgan fingerprint density at radius 1 is 1.44 bits per heavy atom. The van der Waals surface area contributed by atoms with Gasteiger partial charge >= 0.3 is 0 Å². The largest absolute Gasteiger partial charge is 0.389 e. The van der Waals surface area contributed by atoms with Crippen LogP contribution in [0.2, 0.25) is 0 Å².